The highest BCUT2D eigenvalue weighted by Gasteiger charge is 2.31. The van der Waals surface area contributed by atoms with E-state index < -0.39 is 0 Å². The Morgan fingerprint density at radius 3 is 2.56 bits per heavy atom. The molecule has 1 fully saturated rings. The molecule has 3 nitrogen and oxygen atoms in total. The van der Waals surface area contributed by atoms with Crippen molar-refractivity contribution in [2.24, 2.45) is 0 Å². The Hall–Kier alpha value is -0.900. The minimum atomic E-state index is 0.231. The maximum Gasteiger partial charge on any atom is 0.0896 e. The molecule has 1 aromatic rings. The first kappa shape index (κ1) is 13.5. The first-order chi connectivity index (χ1) is 8.61. The number of rotatable bonds is 3. The lowest BCUT2D eigenvalue weighted by Gasteiger charge is -2.39. The number of nitrogens with one attached hydrogen (secondary N) is 1. The summed E-state index contributed by atoms with van der Waals surface area (Å²) in [5.41, 5.74) is 4.02. The van der Waals surface area contributed by atoms with Crippen LogP contribution in [0.5, 0.6) is 0 Å². The molecular weight excluding hydrogens is 224 g/mol. The second-order valence-corrected chi connectivity index (χ2v) is 5.31. The molecule has 0 aromatic heterocycles. The van der Waals surface area contributed by atoms with E-state index in [1.165, 1.54) is 16.7 Å². The average molecular weight is 248 g/mol. The predicted molar refractivity (Wildman–Crippen MR) is 75.0 cm³/mol. The maximum atomic E-state index is 5.93. The van der Waals surface area contributed by atoms with Gasteiger partial charge in [-0.1, -0.05) is 29.3 Å². The minimum absolute atomic E-state index is 0.231. The van der Waals surface area contributed by atoms with E-state index in [0.717, 1.165) is 19.7 Å². The first-order valence-corrected chi connectivity index (χ1v) is 6.66. The summed E-state index contributed by atoms with van der Waals surface area (Å²) in [5.74, 6) is 0. The van der Waals surface area contributed by atoms with E-state index in [2.05, 4.69) is 49.3 Å². The highest BCUT2D eigenvalue weighted by atomic mass is 16.5. The molecule has 1 N–H and O–H groups in total. The molecule has 1 aliphatic rings. The fourth-order valence-corrected chi connectivity index (χ4v) is 2.88. The van der Waals surface area contributed by atoms with Gasteiger partial charge < -0.3 is 10.1 Å². The Balaban J connectivity index is 2.30. The van der Waals surface area contributed by atoms with Gasteiger partial charge in [0.1, 0.15) is 0 Å². The van der Waals surface area contributed by atoms with Crippen molar-refractivity contribution in [2.75, 3.05) is 33.8 Å². The SMILES string of the molecule is CNCC1OCCN(C)C1c1cc(C)cc(C)c1. The van der Waals surface area contributed by atoms with Gasteiger partial charge in [-0.05, 0) is 33.5 Å². The van der Waals surface area contributed by atoms with E-state index in [1.54, 1.807) is 0 Å². The van der Waals surface area contributed by atoms with Gasteiger partial charge in [0.05, 0.1) is 18.8 Å². The molecule has 1 saturated heterocycles. The van der Waals surface area contributed by atoms with Crippen LogP contribution in [0.3, 0.4) is 0 Å². The fraction of sp³-hybridized carbons (Fsp3) is 0.600. The minimum Gasteiger partial charge on any atom is -0.374 e. The monoisotopic (exact) mass is 248 g/mol. The molecule has 0 amide bonds. The van der Waals surface area contributed by atoms with Crippen molar-refractivity contribution < 1.29 is 4.74 Å². The number of likely N-dealkylation sites (N-methyl/N-ethyl adjacent to an activating group) is 2. The van der Waals surface area contributed by atoms with Gasteiger partial charge in [0, 0.05) is 13.1 Å². The zero-order chi connectivity index (χ0) is 13.1. The van der Waals surface area contributed by atoms with Gasteiger partial charge in [-0.15, -0.1) is 0 Å². The van der Waals surface area contributed by atoms with Crippen LogP contribution in [0, 0.1) is 13.8 Å². The quantitative estimate of drug-likeness (QED) is 0.884. The van der Waals surface area contributed by atoms with Crippen LogP contribution in [-0.2, 0) is 4.74 Å². The van der Waals surface area contributed by atoms with Gasteiger partial charge in [0.25, 0.3) is 0 Å². The molecule has 0 spiro atoms. The van der Waals surface area contributed by atoms with E-state index in [9.17, 15) is 0 Å². The van der Waals surface area contributed by atoms with E-state index >= 15 is 0 Å². The topological polar surface area (TPSA) is 24.5 Å². The van der Waals surface area contributed by atoms with Crippen LogP contribution in [0.1, 0.15) is 22.7 Å². The van der Waals surface area contributed by atoms with Gasteiger partial charge >= 0.3 is 0 Å². The standard InChI is InChI=1S/C15H24N2O/c1-11-7-12(2)9-13(8-11)15-14(10-16-3)18-6-5-17(15)4/h7-9,14-16H,5-6,10H2,1-4H3. The smallest absolute Gasteiger partial charge is 0.0896 e. The molecule has 1 aliphatic heterocycles. The summed E-state index contributed by atoms with van der Waals surface area (Å²) in [5, 5.41) is 3.24. The number of nitrogens with zero attached hydrogens (tertiary/aromatic N) is 1. The van der Waals surface area contributed by atoms with Gasteiger partial charge in [0.15, 0.2) is 0 Å². The summed E-state index contributed by atoms with van der Waals surface area (Å²) >= 11 is 0. The zero-order valence-corrected chi connectivity index (χ0v) is 11.9. The van der Waals surface area contributed by atoms with Crippen molar-refractivity contribution in [1.29, 1.82) is 0 Å². The van der Waals surface area contributed by atoms with Gasteiger partial charge in [-0.3, -0.25) is 4.90 Å². The summed E-state index contributed by atoms with van der Waals surface area (Å²) in [4.78, 5) is 2.40. The number of hydrogen-bond donors (Lipinski definition) is 1. The first-order valence-electron chi connectivity index (χ1n) is 6.66. The zero-order valence-electron chi connectivity index (χ0n) is 11.9. The third-order valence-corrected chi connectivity index (χ3v) is 3.59. The van der Waals surface area contributed by atoms with Crippen molar-refractivity contribution in [3.05, 3.63) is 34.9 Å². The molecule has 100 valence electrons. The second kappa shape index (κ2) is 5.83. The van der Waals surface area contributed by atoms with E-state index in [-0.39, 0.29) is 6.10 Å². The molecule has 0 aliphatic carbocycles. The molecular formula is C15H24N2O. The second-order valence-electron chi connectivity index (χ2n) is 5.31. The van der Waals surface area contributed by atoms with E-state index in [1.807, 2.05) is 7.05 Å². The summed E-state index contributed by atoms with van der Waals surface area (Å²) in [6, 6.07) is 7.14. The highest BCUT2D eigenvalue weighted by Crippen LogP contribution is 2.29. The lowest BCUT2D eigenvalue weighted by Crippen LogP contribution is -2.47. The van der Waals surface area contributed by atoms with Crippen molar-refractivity contribution in [3.63, 3.8) is 0 Å². The van der Waals surface area contributed by atoms with Crippen molar-refractivity contribution in [1.82, 2.24) is 10.2 Å². The van der Waals surface area contributed by atoms with E-state index in [0.29, 0.717) is 6.04 Å². The summed E-state index contributed by atoms with van der Waals surface area (Å²) in [7, 11) is 4.17. The Morgan fingerprint density at radius 1 is 1.28 bits per heavy atom. The molecule has 2 rings (SSSR count). The number of hydrogen-bond acceptors (Lipinski definition) is 3. The number of benzene rings is 1. The lowest BCUT2D eigenvalue weighted by molar-refractivity contribution is -0.0606. The van der Waals surface area contributed by atoms with Crippen LogP contribution in [-0.4, -0.2) is 44.8 Å². The Morgan fingerprint density at radius 2 is 1.94 bits per heavy atom. The normalized spacial score (nSPS) is 25.3. The molecule has 18 heavy (non-hydrogen) atoms. The van der Waals surface area contributed by atoms with Crippen molar-refractivity contribution in [2.45, 2.75) is 26.0 Å². The van der Waals surface area contributed by atoms with Crippen LogP contribution in [0.2, 0.25) is 0 Å². The Bertz CT molecular complexity index is 383. The van der Waals surface area contributed by atoms with Crippen LogP contribution in [0.25, 0.3) is 0 Å². The van der Waals surface area contributed by atoms with Crippen molar-refractivity contribution in [3.8, 4) is 0 Å². The third kappa shape index (κ3) is 2.91. The highest BCUT2D eigenvalue weighted by molar-refractivity contribution is 5.31. The molecule has 1 aromatic carbocycles. The molecule has 0 radical (unpaired) electrons. The van der Waals surface area contributed by atoms with E-state index in [4.69, 9.17) is 4.74 Å². The van der Waals surface area contributed by atoms with Crippen molar-refractivity contribution >= 4 is 0 Å². The summed E-state index contributed by atoms with van der Waals surface area (Å²) in [6.07, 6.45) is 0.231. The lowest BCUT2D eigenvalue weighted by atomic mass is 9.95. The van der Waals surface area contributed by atoms with Crippen LogP contribution in [0.4, 0.5) is 0 Å². The molecule has 2 atom stereocenters. The summed E-state index contributed by atoms with van der Waals surface area (Å²) < 4.78 is 5.93. The third-order valence-electron chi connectivity index (χ3n) is 3.59. The molecule has 0 bridgehead atoms. The largest absolute Gasteiger partial charge is 0.374 e. The summed E-state index contributed by atoms with van der Waals surface area (Å²) in [6.45, 7) is 7.03. The number of ether oxygens (including phenoxy) is 1. The number of morpholine rings is 1. The van der Waals surface area contributed by atoms with Crippen LogP contribution < -0.4 is 5.32 Å². The molecule has 3 heteroatoms. The molecule has 0 saturated carbocycles. The van der Waals surface area contributed by atoms with Crippen LogP contribution >= 0.6 is 0 Å². The molecule has 2 unspecified atom stereocenters. The van der Waals surface area contributed by atoms with Gasteiger partial charge in [-0.25, -0.2) is 0 Å². The fourth-order valence-electron chi connectivity index (χ4n) is 2.88. The number of aryl methyl sites for hydroxylation is 2. The van der Waals surface area contributed by atoms with Gasteiger partial charge in [0.2, 0.25) is 0 Å². The van der Waals surface area contributed by atoms with Crippen LogP contribution in [0.15, 0.2) is 18.2 Å². The Labute approximate surface area is 110 Å². The predicted octanol–water partition coefficient (Wildman–Crippen LogP) is 1.89. The molecule has 1 heterocycles. The average Bonchev–Trinajstić information content (AvgIpc) is 2.28. The Kier molecular flexibility index (Phi) is 4.38. The maximum absolute atomic E-state index is 5.93. The van der Waals surface area contributed by atoms with Gasteiger partial charge in [-0.2, -0.15) is 0 Å².